The number of piperidine rings is 1. The first-order valence-corrected chi connectivity index (χ1v) is 5.98. The Hall–Kier alpha value is -1.57. The number of likely N-dealkylation sites (tertiary alicyclic amines) is 1. The number of nitriles is 1. The van der Waals surface area contributed by atoms with E-state index in [1.807, 2.05) is 19.9 Å². The molecule has 2 N–H and O–H groups in total. The maximum atomic E-state index is 12.2. The molecule has 0 aromatic carbocycles. The third kappa shape index (κ3) is 2.96. The van der Waals surface area contributed by atoms with Crippen LogP contribution in [-0.4, -0.2) is 29.3 Å². The quantitative estimate of drug-likeness (QED) is 0.781. The van der Waals surface area contributed by atoms with Crippen molar-refractivity contribution in [3.63, 3.8) is 0 Å². The molecule has 5 heteroatoms. The normalized spacial score (nSPS) is 22.0. The molecular weight excluding hydrogens is 218 g/mol. The van der Waals surface area contributed by atoms with E-state index in [4.69, 9.17) is 11.0 Å². The summed E-state index contributed by atoms with van der Waals surface area (Å²) in [7, 11) is 0. The summed E-state index contributed by atoms with van der Waals surface area (Å²) in [5, 5.41) is 9.01. The molecule has 1 fully saturated rings. The minimum absolute atomic E-state index is 0.0528. The first kappa shape index (κ1) is 13.5. The third-order valence-electron chi connectivity index (χ3n) is 3.19. The van der Waals surface area contributed by atoms with Crippen LogP contribution >= 0.6 is 0 Å². The summed E-state index contributed by atoms with van der Waals surface area (Å²) < 4.78 is 0. The molecule has 1 aliphatic heterocycles. The molecule has 1 heterocycles. The van der Waals surface area contributed by atoms with Crippen molar-refractivity contribution in [2.75, 3.05) is 6.54 Å². The Morgan fingerprint density at radius 3 is 2.53 bits per heavy atom. The monoisotopic (exact) mass is 237 g/mol. The van der Waals surface area contributed by atoms with Gasteiger partial charge in [0.25, 0.3) is 0 Å². The van der Waals surface area contributed by atoms with Gasteiger partial charge in [-0.1, -0.05) is 13.8 Å². The van der Waals surface area contributed by atoms with Crippen LogP contribution in [0.15, 0.2) is 0 Å². The molecule has 0 saturated carbocycles. The van der Waals surface area contributed by atoms with Crippen LogP contribution in [0.3, 0.4) is 0 Å². The van der Waals surface area contributed by atoms with Gasteiger partial charge >= 0.3 is 0 Å². The number of hydrogen-bond acceptors (Lipinski definition) is 3. The molecule has 2 unspecified atom stereocenters. The van der Waals surface area contributed by atoms with Gasteiger partial charge in [0.05, 0.1) is 6.07 Å². The van der Waals surface area contributed by atoms with Gasteiger partial charge in [0, 0.05) is 6.54 Å². The summed E-state index contributed by atoms with van der Waals surface area (Å²) in [6, 6.07) is 1.48. The Balaban J connectivity index is 2.85. The molecule has 0 radical (unpaired) electrons. The van der Waals surface area contributed by atoms with Crippen molar-refractivity contribution in [2.24, 2.45) is 17.6 Å². The second-order valence-corrected chi connectivity index (χ2v) is 4.80. The van der Waals surface area contributed by atoms with Crippen LogP contribution in [0, 0.1) is 23.2 Å². The number of amides is 2. The molecule has 1 aliphatic rings. The molecule has 5 nitrogen and oxygen atoms in total. The second kappa shape index (κ2) is 5.67. The zero-order chi connectivity index (χ0) is 13.0. The van der Waals surface area contributed by atoms with E-state index >= 15 is 0 Å². The van der Waals surface area contributed by atoms with Crippen molar-refractivity contribution < 1.29 is 9.59 Å². The number of primary amides is 1. The Bertz CT molecular complexity index is 346. The van der Waals surface area contributed by atoms with E-state index < -0.39 is 17.9 Å². The highest BCUT2D eigenvalue weighted by Gasteiger charge is 2.35. The molecule has 0 aromatic heterocycles. The fourth-order valence-corrected chi connectivity index (χ4v) is 2.16. The number of carbonyl (C=O) groups excluding carboxylic acids is 2. The predicted octanol–water partition coefficient (Wildman–Crippen LogP) is 0.649. The Labute approximate surface area is 102 Å². The summed E-state index contributed by atoms with van der Waals surface area (Å²) in [5.41, 5.74) is 5.30. The van der Waals surface area contributed by atoms with Crippen LogP contribution in [0.5, 0.6) is 0 Å². The molecule has 1 rings (SSSR count). The van der Waals surface area contributed by atoms with Gasteiger partial charge in [-0.15, -0.1) is 0 Å². The highest BCUT2D eigenvalue weighted by molar-refractivity contribution is 5.89. The summed E-state index contributed by atoms with van der Waals surface area (Å²) >= 11 is 0. The zero-order valence-corrected chi connectivity index (χ0v) is 10.3. The van der Waals surface area contributed by atoms with Crippen molar-refractivity contribution in [1.29, 1.82) is 5.26 Å². The average Bonchev–Trinajstić information content (AvgIpc) is 2.29. The molecule has 1 saturated heterocycles. The van der Waals surface area contributed by atoms with Crippen molar-refractivity contribution in [3.8, 4) is 6.07 Å². The lowest BCUT2D eigenvalue weighted by molar-refractivity contribution is -0.144. The van der Waals surface area contributed by atoms with Gasteiger partial charge in [-0.2, -0.15) is 5.26 Å². The number of rotatable bonds is 3. The fraction of sp³-hybridized carbons (Fsp3) is 0.750. The largest absolute Gasteiger partial charge is 0.368 e. The van der Waals surface area contributed by atoms with Crippen LogP contribution in [0.2, 0.25) is 0 Å². The van der Waals surface area contributed by atoms with Crippen LogP contribution in [0.25, 0.3) is 0 Å². The first-order valence-electron chi connectivity index (χ1n) is 5.98. The number of nitrogens with zero attached hydrogens (tertiary/aromatic N) is 2. The van der Waals surface area contributed by atoms with E-state index in [1.165, 1.54) is 4.90 Å². The van der Waals surface area contributed by atoms with Crippen molar-refractivity contribution in [1.82, 2.24) is 4.90 Å². The molecule has 94 valence electrons. The van der Waals surface area contributed by atoms with E-state index in [0.717, 1.165) is 12.8 Å². The molecule has 0 spiro atoms. The topological polar surface area (TPSA) is 87.2 Å². The molecule has 17 heavy (non-hydrogen) atoms. The minimum atomic E-state index is -0.685. The van der Waals surface area contributed by atoms with Gasteiger partial charge in [-0.05, 0) is 25.2 Å². The van der Waals surface area contributed by atoms with Crippen LogP contribution < -0.4 is 5.73 Å². The van der Waals surface area contributed by atoms with Gasteiger partial charge < -0.3 is 10.6 Å². The van der Waals surface area contributed by atoms with Crippen molar-refractivity contribution in [2.45, 2.75) is 39.2 Å². The SMILES string of the molecule is CC(C)C(C#N)C(=O)N1CCCCC1C(N)=O. The lowest BCUT2D eigenvalue weighted by Crippen LogP contribution is -2.52. The molecule has 0 bridgehead atoms. The van der Waals surface area contributed by atoms with Crippen molar-refractivity contribution in [3.05, 3.63) is 0 Å². The average molecular weight is 237 g/mol. The first-order chi connectivity index (χ1) is 7.99. The number of carbonyl (C=O) groups is 2. The maximum absolute atomic E-state index is 12.2. The maximum Gasteiger partial charge on any atom is 0.240 e. The van der Waals surface area contributed by atoms with Gasteiger partial charge in [0.15, 0.2) is 0 Å². The number of nitrogens with two attached hydrogens (primary N) is 1. The van der Waals surface area contributed by atoms with Gasteiger partial charge in [-0.3, -0.25) is 9.59 Å². The lowest BCUT2D eigenvalue weighted by Gasteiger charge is -2.35. The van der Waals surface area contributed by atoms with E-state index in [2.05, 4.69) is 0 Å². The fourth-order valence-electron chi connectivity index (χ4n) is 2.16. The smallest absolute Gasteiger partial charge is 0.240 e. The van der Waals surface area contributed by atoms with Crippen molar-refractivity contribution >= 4 is 11.8 Å². The third-order valence-corrected chi connectivity index (χ3v) is 3.19. The summed E-state index contributed by atoms with van der Waals surface area (Å²) in [5.74, 6) is -1.47. The zero-order valence-electron chi connectivity index (χ0n) is 10.3. The second-order valence-electron chi connectivity index (χ2n) is 4.80. The van der Waals surface area contributed by atoms with Gasteiger partial charge in [0.2, 0.25) is 11.8 Å². The summed E-state index contributed by atoms with van der Waals surface area (Å²) in [6.07, 6.45) is 2.37. The molecular formula is C12H19N3O2. The van der Waals surface area contributed by atoms with E-state index in [0.29, 0.717) is 13.0 Å². The summed E-state index contributed by atoms with van der Waals surface area (Å²) in [4.78, 5) is 25.0. The van der Waals surface area contributed by atoms with E-state index in [1.54, 1.807) is 0 Å². The van der Waals surface area contributed by atoms with E-state index in [-0.39, 0.29) is 11.8 Å². The van der Waals surface area contributed by atoms with Gasteiger partial charge in [0.1, 0.15) is 12.0 Å². The van der Waals surface area contributed by atoms with Gasteiger partial charge in [-0.25, -0.2) is 0 Å². The van der Waals surface area contributed by atoms with Crippen LogP contribution in [0.1, 0.15) is 33.1 Å². The summed E-state index contributed by atoms with van der Waals surface area (Å²) in [6.45, 7) is 4.18. The Morgan fingerprint density at radius 2 is 2.06 bits per heavy atom. The molecule has 0 aliphatic carbocycles. The molecule has 2 atom stereocenters. The van der Waals surface area contributed by atoms with E-state index in [9.17, 15) is 9.59 Å². The number of hydrogen-bond donors (Lipinski definition) is 1. The molecule has 0 aromatic rings. The predicted molar refractivity (Wildman–Crippen MR) is 62.5 cm³/mol. The Kier molecular flexibility index (Phi) is 4.50. The minimum Gasteiger partial charge on any atom is -0.368 e. The van der Waals surface area contributed by atoms with Crippen LogP contribution in [-0.2, 0) is 9.59 Å². The standard InChI is InChI=1S/C12H19N3O2/c1-8(2)9(7-13)12(17)15-6-4-3-5-10(15)11(14)16/h8-10H,3-6H2,1-2H3,(H2,14,16). The highest BCUT2D eigenvalue weighted by atomic mass is 16.2. The highest BCUT2D eigenvalue weighted by Crippen LogP contribution is 2.22. The lowest BCUT2D eigenvalue weighted by atomic mass is 9.93. The molecule has 2 amide bonds. The Morgan fingerprint density at radius 1 is 1.41 bits per heavy atom. The van der Waals surface area contributed by atoms with Crippen LogP contribution in [0.4, 0.5) is 0 Å².